The number of rotatable bonds is 3. The second kappa shape index (κ2) is 6.83. The molecule has 0 fully saturated rings. The first-order valence-corrected chi connectivity index (χ1v) is 5.90. The van der Waals surface area contributed by atoms with Crippen molar-refractivity contribution in [3.8, 4) is 11.8 Å². The van der Waals surface area contributed by atoms with E-state index in [0.717, 1.165) is 5.56 Å². The van der Waals surface area contributed by atoms with Gasteiger partial charge in [-0.15, -0.1) is 0 Å². The molecule has 0 amide bonds. The van der Waals surface area contributed by atoms with Crippen molar-refractivity contribution in [2.75, 3.05) is 6.61 Å². The highest BCUT2D eigenvalue weighted by Crippen LogP contribution is 2.18. The third-order valence-corrected chi connectivity index (χ3v) is 2.51. The van der Waals surface area contributed by atoms with Crippen LogP contribution in [0.5, 0.6) is 0 Å². The third kappa shape index (κ3) is 4.60. The van der Waals surface area contributed by atoms with Crippen LogP contribution in [0.2, 0.25) is 0 Å². The van der Waals surface area contributed by atoms with E-state index in [1.165, 1.54) is 12.5 Å². The van der Waals surface area contributed by atoms with Crippen LogP contribution < -0.4 is 0 Å². The van der Waals surface area contributed by atoms with Crippen LogP contribution >= 0.6 is 0 Å². The van der Waals surface area contributed by atoms with Gasteiger partial charge in [0.2, 0.25) is 0 Å². The lowest BCUT2D eigenvalue weighted by atomic mass is 10.0. The van der Waals surface area contributed by atoms with E-state index >= 15 is 0 Å². The van der Waals surface area contributed by atoms with E-state index in [9.17, 15) is 9.90 Å². The van der Waals surface area contributed by atoms with Crippen LogP contribution in [-0.2, 0) is 9.53 Å². The molecule has 0 heterocycles. The van der Waals surface area contributed by atoms with E-state index in [0.29, 0.717) is 5.92 Å². The highest BCUT2D eigenvalue weighted by atomic mass is 16.5. The van der Waals surface area contributed by atoms with E-state index in [2.05, 4.69) is 30.4 Å². The number of hydrogen-bond donors (Lipinski definition) is 1. The lowest BCUT2D eigenvalue weighted by molar-refractivity contribution is -0.139. The van der Waals surface area contributed by atoms with Gasteiger partial charge in [-0.1, -0.05) is 50.0 Å². The quantitative estimate of drug-likeness (QED) is 0.658. The molecular weight excluding hydrogens is 228 g/mol. The molecule has 3 nitrogen and oxygen atoms in total. The molecule has 1 aromatic rings. The zero-order chi connectivity index (χ0) is 13.5. The third-order valence-electron chi connectivity index (χ3n) is 2.51. The van der Waals surface area contributed by atoms with Gasteiger partial charge in [-0.25, -0.2) is 0 Å². The summed E-state index contributed by atoms with van der Waals surface area (Å²) in [4.78, 5) is 10.5. The van der Waals surface area contributed by atoms with Gasteiger partial charge in [0, 0.05) is 6.92 Å². The van der Waals surface area contributed by atoms with Gasteiger partial charge in [-0.2, -0.15) is 0 Å². The topological polar surface area (TPSA) is 46.5 Å². The lowest BCUT2D eigenvalue weighted by Gasteiger charge is -2.08. The SMILES string of the molecule is CC(=O)OCC#C[C@@H](O)c1ccc(C(C)C)cc1. The summed E-state index contributed by atoms with van der Waals surface area (Å²) in [6, 6.07) is 7.69. The molecule has 1 aromatic carbocycles. The number of carbonyl (C=O) groups is 1. The molecule has 18 heavy (non-hydrogen) atoms. The number of ether oxygens (including phenoxy) is 1. The molecule has 1 atom stereocenters. The van der Waals surface area contributed by atoms with Crippen LogP contribution in [0.15, 0.2) is 24.3 Å². The summed E-state index contributed by atoms with van der Waals surface area (Å²) in [5.74, 6) is 5.33. The second-order valence-electron chi connectivity index (χ2n) is 4.33. The van der Waals surface area contributed by atoms with Gasteiger partial charge in [0.1, 0.15) is 6.10 Å². The fraction of sp³-hybridized carbons (Fsp3) is 0.400. The van der Waals surface area contributed by atoms with E-state index in [1.807, 2.05) is 24.3 Å². The minimum absolute atomic E-state index is 0.0104. The van der Waals surface area contributed by atoms with Crippen molar-refractivity contribution in [1.29, 1.82) is 0 Å². The normalized spacial score (nSPS) is 11.6. The van der Waals surface area contributed by atoms with Gasteiger partial charge in [-0.3, -0.25) is 4.79 Å². The monoisotopic (exact) mass is 246 g/mol. The van der Waals surface area contributed by atoms with Crippen molar-refractivity contribution in [3.63, 3.8) is 0 Å². The Bertz CT molecular complexity index is 449. The van der Waals surface area contributed by atoms with Crippen molar-refractivity contribution < 1.29 is 14.6 Å². The first-order valence-electron chi connectivity index (χ1n) is 5.90. The summed E-state index contributed by atoms with van der Waals surface area (Å²) in [5.41, 5.74) is 1.97. The Morgan fingerprint density at radius 1 is 1.28 bits per heavy atom. The lowest BCUT2D eigenvalue weighted by Crippen LogP contribution is -1.99. The molecule has 0 spiro atoms. The zero-order valence-electron chi connectivity index (χ0n) is 10.9. The van der Waals surface area contributed by atoms with Crippen LogP contribution in [0, 0.1) is 11.8 Å². The Morgan fingerprint density at radius 2 is 1.83 bits per heavy atom. The van der Waals surface area contributed by atoms with Crippen LogP contribution in [0.3, 0.4) is 0 Å². The van der Waals surface area contributed by atoms with E-state index < -0.39 is 6.10 Å². The summed E-state index contributed by atoms with van der Waals surface area (Å²) in [6.07, 6.45) is -0.846. The smallest absolute Gasteiger partial charge is 0.303 e. The van der Waals surface area contributed by atoms with Gasteiger partial charge in [-0.05, 0) is 17.0 Å². The average Bonchev–Trinajstić information content (AvgIpc) is 2.34. The highest BCUT2D eigenvalue weighted by molar-refractivity contribution is 5.66. The number of carbonyl (C=O) groups excluding carboxylic acids is 1. The Labute approximate surface area is 108 Å². The molecule has 0 aliphatic heterocycles. The number of aliphatic hydroxyl groups is 1. The Morgan fingerprint density at radius 3 is 2.33 bits per heavy atom. The van der Waals surface area contributed by atoms with E-state index in [1.54, 1.807) is 0 Å². The summed E-state index contributed by atoms with van der Waals surface area (Å²) < 4.78 is 4.66. The van der Waals surface area contributed by atoms with Crippen LogP contribution in [0.25, 0.3) is 0 Å². The van der Waals surface area contributed by atoms with Crippen LogP contribution in [-0.4, -0.2) is 17.7 Å². The van der Waals surface area contributed by atoms with Crippen LogP contribution in [0.4, 0.5) is 0 Å². The average molecular weight is 246 g/mol. The Balaban J connectivity index is 2.61. The minimum atomic E-state index is -0.846. The molecule has 1 rings (SSSR count). The van der Waals surface area contributed by atoms with Crippen molar-refractivity contribution in [1.82, 2.24) is 0 Å². The Kier molecular flexibility index (Phi) is 5.41. The predicted octanol–water partition coefficient (Wildman–Crippen LogP) is 2.41. The van der Waals surface area contributed by atoms with E-state index in [4.69, 9.17) is 0 Å². The fourth-order valence-electron chi connectivity index (χ4n) is 1.42. The van der Waals surface area contributed by atoms with Crippen molar-refractivity contribution in [2.45, 2.75) is 32.8 Å². The molecule has 0 radical (unpaired) electrons. The van der Waals surface area contributed by atoms with Gasteiger partial charge in [0.05, 0.1) is 0 Å². The highest BCUT2D eigenvalue weighted by Gasteiger charge is 2.04. The molecule has 0 unspecified atom stereocenters. The molecule has 0 aromatic heterocycles. The maximum atomic E-state index is 10.5. The first-order chi connectivity index (χ1) is 8.50. The number of benzene rings is 1. The minimum Gasteiger partial charge on any atom is -0.453 e. The molecule has 3 heteroatoms. The standard InChI is InChI=1S/C15H18O3/c1-11(2)13-6-8-14(9-7-13)15(17)5-4-10-18-12(3)16/h6-9,11,15,17H,10H2,1-3H3/t15-/m1/s1. The van der Waals surface area contributed by atoms with Crippen molar-refractivity contribution >= 4 is 5.97 Å². The van der Waals surface area contributed by atoms with Crippen LogP contribution in [0.1, 0.15) is 43.9 Å². The van der Waals surface area contributed by atoms with Crippen molar-refractivity contribution in [3.05, 3.63) is 35.4 Å². The van der Waals surface area contributed by atoms with Gasteiger partial charge in [0.25, 0.3) is 0 Å². The van der Waals surface area contributed by atoms with E-state index in [-0.39, 0.29) is 12.6 Å². The molecule has 1 N–H and O–H groups in total. The Hall–Kier alpha value is -1.79. The fourth-order valence-corrected chi connectivity index (χ4v) is 1.42. The second-order valence-corrected chi connectivity index (χ2v) is 4.33. The number of esters is 1. The maximum Gasteiger partial charge on any atom is 0.303 e. The molecule has 0 aliphatic rings. The molecule has 96 valence electrons. The number of hydrogen-bond acceptors (Lipinski definition) is 3. The number of aliphatic hydroxyl groups excluding tert-OH is 1. The summed E-state index contributed by atoms with van der Waals surface area (Å²) in [7, 11) is 0. The van der Waals surface area contributed by atoms with Gasteiger partial charge < -0.3 is 9.84 Å². The van der Waals surface area contributed by atoms with Gasteiger partial charge >= 0.3 is 5.97 Å². The maximum absolute atomic E-state index is 10.5. The summed E-state index contributed by atoms with van der Waals surface area (Å²) in [6.45, 7) is 5.56. The zero-order valence-corrected chi connectivity index (χ0v) is 10.9. The molecule has 0 bridgehead atoms. The van der Waals surface area contributed by atoms with Crippen molar-refractivity contribution in [2.24, 2.45) is 0 Å². The molecular formula is C15H18O3. The van der Waals surface area contributed by atoms with Gasteiger partial charge in [0.15, 0.2) is 6.61 Å². The molecule has 0 aliphatic carbocycles. The molecule has 0 saturated carbocycles. The summed E-state index contributed by atoms with van der Waals surface area (Å²) >= 11 is 0. The predicted molar refractivity (Wildman–Crippen MR) is 69.9 cm³/mol. The first kappa shape index (κ1) is 14.3. The summed E-state index contributed by atoms with van der Waals surface area (Å²) in [5, 5.41) is 9.80. The largest absolute Gasteiger partial charge is 0.453 e. The molecule has 0 saturated heterocycles.